The third-order valence-corrected chi connectivity index (χ3v) is 8.02. The molecule has 0 radical (unpaired) electrons. The quantitative estimate of drug-likeness (QED) is 0.341. The van der Waals surface area contributed by atoms with E-state index in [2.05, 4.69) is 31.3 Å². The summed E-state index contributed by atoms with van der Waals surface area (Å²) in [5.74, 6) is 2.88. The standard InChI is InChI=1S/C29H30N8O3/c1-38-28-5-3-23(15-33-28)40-25-16-35(17-25)27-4-2-19(11-32-27)26-9-24(18-37-29(26)20(10-30)12-34-37)39-7-6-36-21-8-22(36)14-31-13-21/h2-5,9,11-12,15,18,21-22,25,31H,6-8,13-14,16-17H2,1H3. The highest BCUT2D eigenvalue weighted by molar-refractivity contribution is 5.85. The number of pyridine rings is 3. The Balaban J connectivity index is 1.04. The van der Waals surface area contributed by atoms with Gasteiger partial charge in [-0.05, 0) is 30.7 Å². The van der Waals surface area contributed by atoms with Crippen LogP contribution in [0.15, 0.2) is 55.1 Å². The summed E-state index contributed by atoms with van der Waals surface area (Å²) in [6.07, 6.45) is 8.31. The average molecular weight is 539 g/mol. The Hall–Kier alpha value is -4.40. The van der Waals surface area contributed by atoms with E-state index in [0.717, 1.165) is 66.7 Å². The molecule has 1 N–H and O–H groups in total. The van der Waals surface area contributed by atoms with Crippen molar-refractivity contribution in [2.24, 2.45) is 0 Å². The van der Waals surface area contributed by atoms with Crippen molar-refractivity contribution in [3.63, 3.8) is 0 Å². The predicted molar refractivity (Wildman–Crippen MR) is 148 cm³/mol. The highest BCUT2D eigenvalue weighted by Gasteiger charge is 2.40. The number of fused-ring (bicyclic) bond motifs is 3. The molecular formula is C29H30N8O3. The number of piperidine rings is 1. The molecule has 204 valence electrons. The van der Waals surface area contributed by atoms with Gasteiger partial charge in [0.2, 0.25) is 5.88 Å². The molecule has 40 heavy (non-hydrogen) atoms. The lowest BCUT2D eigenvalue weighted by Gasteiger charge is -2.53. The number of nitrogens with zero attached hydrogens (tertiary/aromatic N) is 7. The van der Waals surface area contributed by atoms with Gasteiger partial charge in [-0.3, -0.25) is 4.90 Å². The zero-order chi connectivity index (χ0) is 27.1. The fourth-order valence-electron chi connectivity index (χ4n) is 5.86. The number of hydrogen-bond acceptors (Lipinski definition) is 10. The highest BCUT2D eigenvalue weighted by Crippen LogP contribution is 2.33. The summed E-state index contributed by atoms with van der Waals surface area (Å²) in [4.78, 5) is 13.6. The lowest BCUT2D eigenvalue weighted by molar-refractivity contribution is -0.0212. The van der Waals surface area contributed by atoms with Crippen LogP contribution in [0.1, 0.15) is 12.0 Å². The predicted octanol–water partition coefficient (Wildman–Crippen LogP) is 2.36. The summed E-state index contributed by atoms with van der Waals surface area (Å²) in [6, 6.07) is 13.2. The van der Waals surface area contributed by atoms with E-state index >= 15 is 0 Å². The molecule has 2 bridgehead atoms. The molecule has 7 rings (SSSR count). The molecule has 2 atom stereocenters. The molecule has 0 saturated carbocycles. The Labute approximate surface area is 231 Å². The summed E-state index contributed by atoms with van der Waals surface area (Å²) in [5.41, 5.74) is 3.03. The van der Waals surface area contributed by atoms with Crippen LogP contribution in [-0.4, -0.2) is 89.1 Å². The van der Waals surface area contributed by atoms with E-state index in [-0.39, 0.29) is 6.10 Å². The topological polar surface area (TPSA) is 113 Å². The molecule has 4 aromatic heterocycles. The van der Waals surface area contributed by atoms with Gasteiger partial charge in [-0.25, -0.2) is 14.5 Å². The smallest absolute Gasteiger partial charge is 0.213 e. The molecule has 4 aromatic rings. The SMILES string of the molecule is COc1ccc(OC2CN(c3ccc(-c4cc(OCCN5C6CNCC5C6)cn5ncc(C#N)c45)cn3)C2)cn1. The van der Waals surface area contributed by atoms with E-state index in [9.17, 15) is 5.26 Å². The second kappa shape index (κ2) is 10.3. The van der Waals surface area contributed by atoms with Gasteiger partial charge < -0.3 is 24.4 Å². The summed E-state index contributed by atoms with van der Waals surface area (Å²) < 4.78 is 19.0. The molecule has 3 aliphatic rings. The van der Waals surface area contributed by atoms with Crippen LogP contribution in [0.5, 0.6) is 17.4 Å². The van der Waals surface area contributed by atoms with Crippen molar-refractivity contribution in [3.05, 3.63) is 60.7 Å². The Bertz CT molecular complexity index is 1530. The van der Waals surface area contributed by atoms with Crippen LogP contribution < -0.4 is 24.4 Å². The number of methoxy groups -OCH3 is 1. The van der Waals surface area contributed by atoms with Gasteiger partial charge >= 0.3 is 0 Å². The minimum absolute atomic E-state index is 0.0715. The van der Waals surface area contributed by atoms with Gasteiger partial charge in [0.1, 0.15) is 36.1 Å². The van der Waals surface area contributed by atoms with Crippen molar-refractivity contribution >= 4 is 11.3 Å². The lowest BCUT2D eigenvalue weighted by Crippen LogP contribution is -2.68. The zero-order valence-electron chi connectivity index (χ0n) is 22.2. The van der Waals surface area contributed by atoms with Crippen LogP contribution in [0.25, 0.3) is 16.6 Å². The fourth-order valence-corrected chi connectivity index (χ4v) is 5.86. The fraction of sp³-hybridized carbons (Fsp3) is 0.379. The van der Waals surface area contributed by atoms with E-state index < -0.39 is 0 Å². The first-order valence-electron chi connectivity index (χ1n) is 13.6. The van der Waals surface area contributed by atoms with Crippen molar-refractivity contribution in [1.82, 2.24) is 29.8 Å². The number of piperazine rings is 1. The summed E-state index contributed by atoms with van der Waals surface area (Å²) >= 11 is 0. The van der Waals surface area contributed by atoms with Crippen molar-refractivity contribution < 1.29 is 14.2 Å². The monoisotopic (exact) mass is 538 g/mol. The molecular weight excluding hydrogens is 508 g/mol. The van der Waals surface area contributed by atoms with Crippen LogP contribution in [-0.2, 0) is 0 Å². The molecule has 2 unspecified atom stereocenters. The van der Waals surface area contributed by atoms with Gasteiger partial charge in [0, 0.05) is 55.1 Å². The van der Waals surface area contributed by atoms with Gasteiger partial charge in [-0.2, -0.15) is 10.4 Å². The first kappa shape index (κ1) is 24.6. The first-order chi connectivity index (χ1) is 19.7. The number of nitrogens with one attached hydrogen (secondary N) is 1. The van der Waals surface area contributed by atoms with Gasteiger partial charge in [0.05, 0.1) is 49.9 Å². The number of nitriles is 1. The largest absolute Gasteiger partial charge is 0.491 e. The van der Waals surface area contributed by atoms with Gasteiger partial charge in [0.15, 0.2) is 0 Å². The Morgan fingerprint density at radius 1 is 1.05 bits per heavy atom. The van der Waals surface area contributed by atoms with Gasteiger partial charge in [-0.1, -0.05) is 0 Å². The molecule has 0 spiro atoms. The third-order valence-electron chi connectivity index (χ3n) is 8.02. The second-order valence-corrected chi connectivity index (χ2v) is 10.4. The second-order valence-electron chi connectivity index (χ2n) is 10.4. The number of hydrogen-bond donors (Lipinski definition) is 1. The van der Waals surface area contributed by atoms with E-state index in [1.807, 2.05) is 36.7 Å². The van der Waals surface area contributed by atoms with Crippen LogP contribution in [0.4, 0.5) is 5.82 Å². The molecule has 3 saturated heterocycles. The van der Waals surface area contributed by atoms with Crippen molar-refractivity contribution in [2.45, 2.75) is 24.6 Å². The Morgan fingerprint density at radius 3 is 2.62 bits per heavy atom. The van der Waals surface area contributed by atoms with Crippen LogP contribution in [0.3, 0.4) is 0 Å². The normalized spacial score (nSPS) is 20.4. The third kappa shape index (κ3) is 4.55. The van der Waals surface area contributed by atoms with E-state index in [0.29, 0.717) is 30.1 Å². The summed E-state index contributed by atoms with van der Waals surface area (Å²) in [6.45, 7) is 5.10. The molecule has 3 fully saturated rings. The van der Waals surface area contributed by atoms with E-state index in [1.165, 1.54) is 6.42 Å². The highest BCUT2D eigenvalue weighted by atomic mass is 16.5. The molecule has 3 aliphatic heterocycles. The minimum atomic E-state index is 0.0715. The van der Waals surface area contributed by atoms with Gasteiger partial charge in [-0.15, -0.1) is 0 Å². The average Bonchev–Trinajstić information content (AvgIpc) is 3.40. The molecule has 11 nitrogen and oxygen atoms in total. The zero-order valence-corrected chi connectivity index (χ0v) is 22.2. The van der Waals surface area contributed by atoms with Crippen LogP contribution in [0.2, 0.25) is 0 Å². The lowest BCUT2D eigenvalue weighted by atomic mass is 9.89. The van der Waals surface area contributed by atoms with Crippen molar-refractivity contribution in [2.75, 3.05) is 51.3 Å². The van der Waals surface area contributed by atoms with Crippen molar-refractivity contribution in [3.8, 4) is 34.6 Å². The Morgan fingerprint density at radius 2 is 1.93 bits per heavy atom. The number of ether oxygens (including phenoxy) is 3. The van der Waals surface area contributed by atoms with Crippen LogP contribution in [0, 0.1) is 11.3 Å². The van der Waals surface area contributed by atoms with Gasteiger partial charge in [0.25, 0.3) is 0 Å². The maximum absolute atomic E-state index is 9.70. The first-order valence-corrected chi connectivity index (χ1v) is 13.6. The minimum Gasteiger partial charge on any atom is -0.491 e. The van der Waals surface area contributed by atoms with Crippen LogP contribution >= 0.6 is 0 Å². The summed E-state index contributed by atoms with van der Waals surface area (Å²) in [7, 11) is 1.59. The summed E-state index contributed by atoms with van der Waals surface area (Å²) in [5, 5.41) is 17.6. The number of anilines is 1. The Kier molecular flexibility index (Phi) is 6.34. The van der Waals surface area contributed by atoms with Crippen molar-refractivity contribution in [1.29, 1.82) is 5.26 Å². The number of aromatic nitrogens is 4. The molecule has 0 amide bonds. The molecule has 7 heterocycles. The number of rotatable bonds is 9. The maximum atomic E-state index is 9.70. The maximum Gasteiger partial charge on any atom is 0.213 e. The molecule has 11 heteroatoms. The molecule has 0 aromatic carbocycles. The molecule has 0 aliphatic carbocycles. The van der Waals surface area contributed by atoms with E-state index in [4.69, 9.17) is 19.2 Å². The van der Waals surface area contributed by atoms with E-state index in [1.54, 1.807) is 30.1 Å².